The molecule has 0 radical (unpaired) electrons. The van der Waals surface area contributed by atoms with Crippen LogP contribution in [0.3, 0.4) is 0 Å². The third-order valence-corrected chi connectivity index (χ3v) is 4.39. The minimum Gasteiger partial charge on any atom is -0.382 e. The van der Waals surface area contributed by atoms with Gasteiger partial charge in [0.1, 0.15) is 40.9 Å². The van der Waals surface area contributed by atoms with Crippen molar-refractivity contribution in [2.45, 2.75) is 13.0 Å². The van der Waals surface area contributed by atoms with Gasteiger partial charge in [-0.3, -0.25) is 9.36 Å². The molecule has 10 heteroatoms. The number of rotatable bonds is 4. The van der Waals surface area contributed by atoms with Gasteiger partial charge in [0.25, 0.3) is 5.56 Å². The number of halogens is 1. The highest BCUT2D eigenvalue weighted by molar-refractivity contribution is 5.62. The zero-order chi connectivity index (χ0) is 20.5. The van der Waals surface area contributed by atoms with E-state index in [9.17, 15) is 14.4 Å². The van der Waals surface area contributed by atoms with Gasteiger partial charge in [-0.05, 0) is 37.3 Å². The molecule has 0 saturated carbocycles. The fourth-order valence-electron chi connectivity index (χ4n) is 3.04. The lowest BCUT2D eigenvalue weighted by molar-refractivity contribution is 0.622. The normalized spacial score (nSPS) is 11.9. The van der Waals surface area contributed by atoms with E-state index in [1.54, 1.807) is 31.3 Å². The first-order valence-corrected chi connectivity index (χ1v) is 8.63. The minimum absolute atomic E-state index is 0.0357. The van der Waals surface area contributed by atoms with Crippen LogP contribution in [0, 0.1) is 17.1 Å². The zero-order valence-corrected chi connectivity index (χ0v) is 15.2. The molecule has 1 atom stereocenters. The van der Waals surface area contributed by atoms with Crippen molar-refractivity contribution in [2.75, 3.05) is 11.1 Å². The van der Waals surface area contributed by atoms with Gasteiger partial charge in [-0.25, -0.2) is 18.9 Å². The maximum absolute atomic E-state index is 13.8. The Morgan fingerprint density at radius 3 is 2.86 bits per heavy atom. The van der Waals surface area contributed by atoms with Gasteiger partial charge >= 0.3 is 0 Å². The second-order valence-corrected chi connectivity index (χ2v) is 6.28. The summed E-state index contributed by atoms with van der Waals surface area (Å²) < 4.78 is 16.6. The number of anilines is 2. The third kappa shape index (κ3) is 3.14. The van der Waals surface area contributed by atoms with Crippen molar-refractivity contribution in [3.63, 3.8) is 0 Å². The lowest BCUT2D eigenvalue weighted by atomic mass is 10.2. The van der Waals surface area contributed by atoms with E-state index in [0.717, 1.165) is 0 Å². The molecule has 3 N–H and O–H groups in total. The van der Waals surface area contributed by atoms with E-state index in [2.05, 4.69) is 20.4 Å². The molecule has 0 spiro atoms. The molecule has 0 saturated heterocycles. The molecule has 0 bridgehead atoms. The molecular weight excluding hydrogens is 375 g/mol. The van der Waals surface area contributed by atoms with Crippen LogP contribution in [0.25, 0.3) is 11.2 Å². The van der Waals surface area contributed by atoms with Crippen molar-refractivity contribution in [2.24, 2.45) is 0 Å². The highest BCUT2D eigenvalue weighted by Gasteiger charge is 2.20. The average molecular weight is 390 g/mol. The summed E-state index contributed by atoms with van der Waals surface area (Å²) in [5.74, 6) is 0.0608. The number of hydrogen-bond acceptors (Lipinski definition) is 7. The van der Waals surface area contributed by atoms with Crippen LogP contribution in [0.4, 0.5) is 16.0 Å². The topological polar surface area (TPSA) is 127 Å². The van der Waals surface area contributed by atoms with E-state index < -0.39 is 11.9 Å². The molecule has 0 fully saturated rings. The number of nitrogens with zero attached hydrogens (tertiary/aromatic N) is 6. The van der Waals surface area contributed by atoms with Gasteiger partial charge in [-0.2, -0.15) is 10.4 Å². The van der Waals surface area contributed by atoms with E-state index in [1.807, 2.05) is 6.07 Å². The van der Waals surface area contributed by atoms with Crippen LogP contribution >= 0.6 is 0 Å². The molecule has 9 nitrogen and oxygen atoms in total. The first kappa shape index (κ1) is 18.1. The SMILES string of the molecule is C[C@H](Nc1ncnc(N)c1C#N)c1nn2cccc2c(=O)n1-c1cccc(F)c1. The monoisotopic (exact) mass is 390 g/mol. The number of aromatic nitrogens is 5. The molecule has 1 aromatic carbocycles. The summed E-state index contributed by atoms with van der Waals surface area (Å²) in [4.78, 5) is 21.0. The molecule has 0 unspecified atom stereocenters. The fourth-order valence-corrected chi connectivity index (χ4v) is 3.04. The van der Waals surface area contributed by atoms with E-state index in [4.69, 9.17) is 5.73 Å². The molecule has 0 aliphatic heterocycles. The third-order valence-electron chi connectivity index (χ3n) is 4.39. The van der Waals surface area contributed by atoms with Crippen molar-refractivity contribution < 1.29 is 4.39 Å². The fraction of sp³-hybridized carbons (Fsp3) is 0.105. The summed E-state index contributed by atoms with van der Waals surface area (Å²) >= 11 is 0. The Morgan fingerprint density at radius 1 is 1.28 bits per heavy atom. The van der Waals surface area contributed by atoms with Gasteiger partial charge in [0, 0.05) is 6.20 Å². The van der Waals surface area contributed by atoms with Crippen LogP contribution in [0.1, 0.15) is 24.4 Å². The quantitative estimate of drug-likeness (QED) is 0.546. The van der Waals surface area contributed by atoms with E-state index in [1.165, 1.54) is 33.6 Å². The van der Waals surface area contributed by atoms with Gasteiger partial charge < -0.3 is 11.1 Å². The molecule has 0 aliphatic carbocycles. The molecule has 3 aromatic heterocycles. The van der Waals surface area contributed by atoms with Crippen LogP contribution in [0.2, 0.25) is 0 Å². The Morgan fingerprint density at radius 2 is 2.10 bits per heavy atom. The number of benzene rings is 1. The Bertz CT molecular complexity index is 1320. The van der Waals surface area contributed by atoms with Crippen molar-refractivity contribution >= 4 is 17.2 Å². The average Bonchev–Trinajstić information content (AvgIpc) is 3.17. The first-order valence-electron chi connectivity index (χ1n) is 8.63. The molecule has 4 rings (SSSR count). The van der Waals surface area contributed by atoms with Crippen LogP contribution in [-0.4, -0.2) is 24.1 Å². The molecule has 29 heavy (non-hydrogen) atoms. The maximum Gasteiger partial charge on any atom is 0.282 e. The molecule has 144 valence electrons. The highest BCUT2D eigenvalue weighted by atomic mass is 19.1. The van der Waals surface area contributed by atoms with Gasteiger partial charge in [0.15, 0.2) is 5.82 Å². The standard InChI is InChI=1S/C19H15FN8O/c1-11(25-17-14(9-21)16(22)23-10-24-17)18-26-27-7-3-6-15(27)19(29)28(18)13-5-2-4-12(20)8-13/h2-8,10-11H,1H3,(H3,22,23,24,25)/t11-/m0/s1. The van der Waals surface area contributed by atoms with Crippen LogP contribution in [0.5, 0.6) is 0 Å². The number of nitrogen functional groups attached to an aromatic ring is 1. The predicted molar refractivity (Wildman–Crippen MR) is 104 cm³/mol. The van der Waals surface area contributed by atoms with Gasteiger partial charge in [0.05, 0.1) is 11.7 Å². The zero-order valence-electron chi connectivity index (χ0n) is 15.2. The Kier molecular flexibility index (Phi) is 4.40. The summed E-state index contributed by atoms with van der Waals surface area (Å²) in [5.41, 5.74) is 6.14. The number of nitriles is 1. The Balaban J connectivity index is 1.89. The van der Waals surface area contributed by atoms with Crippen molar-refractivity contribution in [1.82, 2.24) is 24.1 Å². The Labute approximate surface area is 163 Å². The summed E-state index contributed by atoms with van der Waals surface area (Å²) in [5, 5.41) is 16.9. The minimum atomic E-state index is -0.584. The molecule has 4 aromatic rings. The van der Waals surface area contributed by atoms with E-state index in [0.29, 0.717) is 17.0 Å². The van der Waals surface area contributed by atoms with Crippen LogP contribution in [0.15, 0.2) is 53.7 Å². The van der Waals surface area contributed by atoms with Gasteiger partial charge in [0.2, 0.25) is 0 Å². The van der Waals surface area contributed by atoms with E-state index >= 15 is 0 Å². The summed E-state index contributed by atoms with van der Waals surface area (Å²) in [6.45, 7) is 1.74. The second-order valence-electron chi connectivity index (χ2n) is 6.28. The van der Waals surface area contributed by atoms with Gasteiger partial charge in [-0.1, -0.05) is 6.07 Å². The number of hydrogen-bond donors (Lipinski definition) is 2. The predicted octanol–water partition coefficient (Wildman–Crippen LogP) is 2.04. The molecule has 3 heterocycles. The molecular formula is C19H15FN8O. The number of nitrogens with one attached hydrogen (secondary N) is 1. The summed E-state index contributed by atoms with van der Waals surface area (Å²) in [7, 11) is 0. The highest BCUT2D eigenvalue weighted by Crippen LogP contribution is 2.23. The van der Waals surface area contributed by atoms with Crippen LogP contribution in [-0.2, 0) is 0 Å². The van der Waals surface area contributed by atoms with Crippen molar-refractivity contribution in [3.05, 3.63) is 76.5 Å². The number of fused-ring (bicyclic) bond motifs is 1. The first-order chi connectivity index (χ1) is 14.0. The second kappa shape index (κ2) is 7.05. The van der Waals surface area contributed by atoms with Crippen LogP contribution < -0.4 is 16.6 Å². The smallest absolute Gasteiger partial charge is 0.282 e. The molecule has 0 amide bonds. The van der Waals surface area contributed by atoms with E-state index in [-0.39, 0.29) is 22.8 Å². The number of nitrogens with two attached hydrogens (primary N) is 1. The maximum atomic E-state index is 13.8. The lowest BCUT2D eigenvalue weighted by Gasteiger charge is -2.20. The summed E-state index contributed by atoms with van der Waals surface area (Å²) in [6, 6.07) is 10.4. The van der Waals surface area contributed by atoms with Crippen molar-refractivity contribution in [1.29, 1.82) is 5.26 Å². The molecule has 0 aliphatic rings. The van der Waals surface area contributed by atoms with Gasteiger partial charge in [-0.15, -0.1) is 0 Å². The lowest BCUT2D eigenvalue weighted by Crippen LogP contribution is -2.29. The Hall–Kier alpha value is -4.26. The largest absolute Gasteiger partial charge is 0.382 e. The van der Waals surface area contributed by atoms with Crippen molar-refractivity contribution in [3.8, 4) is 11.8 Å². The summed E-state index contributed by atoms with van der Waals surface area (Å²) in [6.07, 6.45) is 2.87.